The summed E-state index contributed by atoms with van der Waals surface area (Å²) in [5, 5.41) is 5.47. The van der Waals surface area contributed by atoms with Crippen LogP contribution < -0.4 is 10.6 Å². The lowest BCUT2D eigenvalue weighted by atomic mass is 10.2. The summed E-state index contributed by atoms with van der Waals surface area (Å²) in [6, 6.07) is 18.7. The molecule has 2 N–H and O–H groups in total. The van der Waals surface area contributed by atoms with Crippen LogP contribution in [0.15, 0.2) is 65.6 Å². The molecule has 1 unspecified atom stereocenters. The standard InChI is InChI=1S/C16H18N2O2S/c19-16(18-13-14-7-3-1-4-8-14)17-11-12-21(20)15-9-5-2-6-10-15/h1-10H,11-13H2,(H2,17,18,19). The monoisotopic (exact) mass is 302 g/mol. The molecule has 4 nitrogen and oxygen atoms in total. The summed E-state index contributed by atoms with van der Waals surface area (Å²) >= 11 is 0. The molecule has 0 spiro atoms. The van der Waals surface area contributed by atoms with E-state index in [-0.39, 0.29) is 6.03 Å². The summed E-state index contributed by atoms with van der Waals surface area (Å²) in [6.07, 6.45) is 0. The molecule has 2 amide bonds. The highest BCUT2D eigenvalue weighted by atomic mass is 32.2. The first-order valence-corrected chi connectivity index (χ1v) is 8.06. The van der Waals surface area contributed by atoms with Crippen molar-refractivity contribution in [1.82, 2.24) is 10.6 Å². The first kappa shape index (κ1) is 15.3. The lowest BCUT2D eigenvalue weighted by Gasteiger charge is -2.07. The fourth-order valence-corrected chi connectivity index (χ4v) is 2.77. The van der Waals surface area contributed by atoms with Gasteiger partial charge in [-0.3, -0.25) is 4.21 Å². The molecule has 2 aromatic carbocycles. The lowest BCUT2D eigenvalue weighted by Crippen LogP contribution is -2.37. The fraction of sp³-hybridized carbons (Fsp3) is 0.188. The van der Waals surface area contributed by atoms with Crippen molar-refractivity contribution in [2.75, 3.05) is 12.3 Å². The topological polar surface area (TPSA) is 58.2 Å². The second-order valence-corrected chi connectivity index (χ2v) is 6.03. The number of carbonyl (C=O) groups excluding carboxylic acids is 1. The molecule has 2 rings (SSSR count). The van der Waals surface area contributed by atoms with E-state index in [4.69, 9.17) is 0 Å². The van der Waals surface area contributed by atoms with E-state index in [0.717, 1.165) is 10.5 Å². The van der Waals surface area contributed by atoms with Gasteiger partial charge in [0.25, 0.3) is 0 Å². The summed E-state index contributed by atoms with van der Waals surface area (Å²) in [6.45, 7) is 0.858. The van der Waals surface area contributed by atoms with E-state index in [9.17, 15) is 9.00 Å². The van der Waals surface area contributed by atoms with E-state index in [1.807, 2.05) is 60.7 Å². The molecule has 5 heteroatoms. The maximum absolute atomic E-state index is 11.9. The predicted octanol–water partition coefficient (Wildman–Crippen LogP) is 2.29. The number of amides is 2. The van der Waals surface area contributed by atoms with Crippen LogP contribution in [0.2, 0.25) is 0 Å². The molecule has 0 saturated carbocycles. The van der Waals surface area contributed by atoms with Crippen LogP contribution in [0.5, 0.6) is 0 Å². The van der Waals surface area contributed by atoms with Crippen LogP contribution in [-0.4, -0.2) is 22.5 Å². The van der Waals surface area contributed by atoms with Gasteiger partial charge in [0, 0.05) is 23.7 Å². The van der Waals surface area contributed by atoms with Crippen molar-refractivity contribution in [3.8, 4) is 0 Å². The Bertz CT molecular complexity index is 588. The molecule has 0 heterocycles. The number of benzene rings is 2. The zero-order chi connectivity index (χ0) is 14.9. The molecule has 0 fully saturated rings. The maximum atomic E-state index is 11.9. The van der Waals surface area contributed by atoms with Crippen LogP contribution >= 0.6 is 0 Å². The number of hydrogen-bond acceptors (Lipinski definition) is 2. The van der Waals surface area contributed by atoms with Crippen molar-refractivity contribution >= 4 is 16.8 Å². The first-order valence-electron chi connectivity index (χ1n) is 6.75. The highest BCUT2D eigenvalue weighted by Crippen LogP contribution is 2.04. The van der Waals surface area contributed by atoms with E-state index in [0.29, 0.717) is 18.8 Å². The van der Waals surface area contributed by atoms with Crippen LogP contribution in [0.3, 0.4) is 0 Å². The largest absolute Gasteiger partial charge is 0.337 e. The molecule has 0 saturated heterocycles. The quantitative estimate of drug-likeness (QED) is 0.860. The third-order valence-electron chi connectivity index (χ3n) is 2.88. The molecule has 0 radical (unpaired) electrons. The first-order chi connectivity index (χ1) is 10.3. The zero-order valence-electron chi connectivity index (χ0n) is 11.6. The second-order valence-electron chi connectivity index (χ2n) is 4.46. The van der Waals surface area contributed by atoms with Gasteiger partial charge in [0.2, 0.25) is 0 Å². The number of rotatable bonds is 6. The van der Waals surface area contributed by atoms with Crippen molar-refractivity contribution in [3.05, 3.63) is 66.2 Å². The van der Waals surface area contributed by atoms with Crippen LogP contribution in [0.4, 0.5) is 4.79 Å². The lowest BCUT2D eigenvalue weighted by molar-refractivity contribution is 0.241. The summed E-state index contributed by atoms with van der Waals surface area (Å²) in [5.41, 5.74) is 1.04. The van der Waals surface area contributed by atoms with Crippen LogP contribution in [0, 0.1) is 0 Å². The minimum Gasteiger partial charge on any atom is -0.337 e. The zero-order valence-corrected chi connectivity index (χ0v) is 12.4. The van der Waals surface area contributed by atoms with Gasteiger partial charge in [-0.1, -0.05) is 48.5 Å². The van der Waals surface area contributed by atoms with Crippen molar-refractivity contribution < 1.29 is 9.00 Å². The Hall–Kier alpha value is -2.14. The number of hydrogen-bond donors (Lipinski definition) is 2. The Morgan fingerprint density at radius 1 is 0.905 bits per heavy atom. The third-order valence-corrected chi connectivity index (χ3v) is 4.25. The van der Waals surface area contributed by atoms with Gasteiger partial charge >= 0.3 is 6.03 Å². The van der Waals surface area contributed by atoms with Gasteiger partial charge in [-0.2, -0.15) is 0 Å². The average Bonchev–Trinajstić information content (AvgIpc) is 2.54. The Kier molecular flexibility index (Phi) is 5.97. The molecular formula is C16H18N2O2S. The molecule has 0 bridgehead atoms. The molecule has 110 valence electrons. The Balaban J connectivity index is 1.66. The Labute approximate surface area is 127 Å². The summed E-state index contributed by atoms with van der Waals surface area (Å²) in [4.78, 5) is 12.4. The average molecular weight is 302 g/mol. The third kappa shape index (κ3) is 5.39. The van der Waals surface area contributed by atoms with Gasteiger partial charge in [-0.15, -0.1) is 0 Å². The van der Waals surface area contributed by atoms with Crippen LogP contribution in [-0.2, 0) is 17.3 Å². The molecule has 0 aliphatic heterocycles. The van der Waals surface area contributed by atoms with Gasteiger partial charge in [-0.25, -0.2) is 4.79 Å². The summed E-state index contributed by atoms with van der Waals surface area (Å²) < 4.78 is 11.9. The number of nitrogens with one attached hydrogen (secondary N) is 2. The highest BCUT2D eigenvalue weighted by Gasteiger charge is 2.04. The van der Waals surface area contributed by atoms with E-state index < -0.39 is 10.8 Å². The van der Waals surface area contributed by atoms with E-state index >= 15 is 0 Å². The van der Waals surface area contributed by atoms with Crippen molar-refractivity contribution in [3.63, 3.8) is 0 Å². The summed E-state index contributed by atoms with van der Waals surface area (Å²) in [5.74, 6) is 0.406. The van der Waals surface area contributed by atoms with Gasteiger partial charge in [-0.05, 0) is 17.7 Å². The van der Waals surface area contributed by atoms with Gasteiger partial charge < -0.3 is 10.6 Å². The van der Waals surface area contributed by atoms with Crippen molar-refractivity contribution in [1.29, 1.82) is 0 Å². The predicted molar refractivity (Wildman–Crippen MR) is 84.4 cm³/mol. The minimum atomic E-state index is -1.08. The van der Waals surface area contributed by atoms with E-state index in [2.05, 4.69) is 10.6 Å². The van der Waals surface area contributed by atoms with Crippen LogP contribution in [0.25, 0.3) is 0 Å². The van der Waals surface area contributed by atoms with Gasteiger partial charge in [0.1, 0.15) is 0 Å². The second kappa shape index (κ2) is 8.21. The van der Waals surface area contributed by atoms with E-state index in [1.165, 1.54) is 0 Å². The smallest absolute Gasteiger partial charge is 0.315 e. The molecule has 2 aromatic rings. The molecule has 0 aliphatic carbocycles. The van der Waals surface area contributed by atoms with Gasteiger partial charge in [0.05, 0.1) is 10.8 Å². The highest BCUT2D eigenvalue weighted by molar-refractivity contribution is 7.85. The van der Waals surface area contributed by atoms with Crippen molar-refractivity contribution in [2.24, 2.45) is 0 Å². The summed E-state index contributed by atoms with van der Waals surface area (Å²) in [7, 11) is -1.08. The Morgan fingerprint density at radius 3 is 2.19 bits per heavy atom. The van der Waals surface area contributed by atoms with Crippen molar-refractivity contribution in [2.45, 2.75) is 11.4 Å². The van der Waals surface area contributed by atoms with Gasteiger partial charge in [0.15, 0.2) is 0 Å². The maximum Gasteiger partial charge on any atom is 0.315 e. The molecular weight excluding hydrogens is 284 g/mol. The molecule has 0 aromatic heterocycles. The molecule has 21 heavy (non-hydrogen) atoms. The minimum absolute atomic E-state index is 0.246. The molecule has 1 atom stereocenters. The number of carbonyl (C=O) groups is 1. The Morgan fingerprint density at radius 2 is 1.52 bits per heavy atom. The van der Waals surface area contributed by atoms with Crippen LogP contribution in [0.1, 0.15) is 5.56 Å². The normalized spacial score (nSPS) is 11.6. The fourth-order valence-electron chi connectivity index (χ4n) is 1.79. The molecule has 0 aliphatic rings. The SMILES string of the molecule is O=C(NCCS(=O)c1ccccc1)NCc1ccccc1. The van der Waals surface area contributed by atoms with E-state index in [1.54, 1.807) is 0 Å². The number of urea groups is 1.